The number of nitrogens with one attached hydrogen (secondary N) is 1. The van der Waals surface area contributed by atoms with Gasteiger partial charge in [-0.1, -0.05) is 12.1 Å². The van der Waals surface area contributed by atoms with E-state index in [-0.39, 0.29) is 5.82 Å². The zero-order valence-electron chi connectivity index (χ0n) is 11.2. The molecule has 0 aliphatic heterocycles. The first kappa shape index (κ1) is 13.3. The molecule has 100 valence electrons. The molecular weight excluding hydrogens is 241 g/mol. The normalized spacial score (nSPS) is 10.3. The maximum atomic E-state index is 13.7. The topological polar surface area (TPSA) is 28.2 Å². The molecule has 0 aliphatic carbocycles. The number of rotatable bonds is 5. The lowest BCUT2D eigenvalue weighted by Crippen LogP contribution is -2.17. The largest absolute Gasteiger partial charge is 0.370 e. The van der Waals surface area contributed by atoms with Gasteiger partial charge in [-0.25, -0.2) is 9.37 Å². The van der Waals surface area contributed by atoms with E-state index in [4.69, 9.17) is 0 Å². The van der Waals surface area contributed by atoms with Crippen molar-refractivity contribution in [2.24, 2.45) is 0 Å². The fourth-order valence-electron chi connectivity index (χ4n) is 1.97. The molecule has 1 aromatic carbocycles. The molecule has 1 aromatic heterocycles. The molecule has 0 amide bonds. The van der Waals surface area contributed by atoms with E-state index in [1.807, 2.05) is 37.1 Å². The van der Waals surface area contributed by atoms with Crippen LogP contribution in [0.1, 0.15) is 12.5 Å². The van der Waals surface area contributed by atoms with Gasteiger partial charge < -0.3 is 10.2 Å². The lowest BCUT2D eigenvalue weighted by Gasteiger charge is -2.20. The van der Waals surface area contributed by atoms with Crippen molar-refractivity contribution in [3.05, 3.63) is 54.0 Å². The van der Waals surface area contributed by atoms with Gasteiger partial charge in [-0.3, -0.25) is 0 Å². The van der Waals surface area contributed by atoms with Crippen molar-refractivity contribution < 1.29 is 4.39 Å². The van der Waals surface area contributed by atoms with Crippen LogP contribution in [0.4, 0.5) is 15.9 Å². The summed E-state index contributed by atoms with van der Waals surface area (Å²) in [5.74, 6) is 0.646. The van der Waals surface area contributed by atoms with E-state index in [9.17, 15) is 4.39 Å². The third-order valence-electron chi connectivity index (χ3n) is 2.87. The highest BCUT2D eigenvalue weighted by Crippen LogP contribution is 2.19. The van der Waals surface area contributed by atoms with Crippen molar-refractivity contribution in [2.75, 3.05) is 23.8 Å². The first-order valence-electron chi connectivity index (χ1n) is 6.35. The summed E-state index contributed by atoms with van der Waals surface area (Å²) in [5.41, 5.74) is 1.70. The molecule has 0 radical (unpaired) electrons. The van der Waals surface area contributed by atoms with Crippen LogP contribution >= 0.6 is 0 Å². The zero-order chi connectivity index (χ0) is 13.7. The van der Waals surface area contributed by atoms with Gasteiger partial charge in [0, 0.05) is 26.3 Å². The summed E-state index contributed by atoms with van der Waals surface area (Å²) in [5, 5.41) is 3.17. The summed E-state index contributed by atoms with van der Waals surface area (Å²) in [6, 6.07) is 10.7. The molecule has 0 saturated heterocycles. The summed E-state index contributed by atoms with van der Waals surface area (Å²) in [4.78, 5) is 6.11. The van der Waals surface area contributed by atoms with Crippen LogP contribution < -0.4 is 10.2 Å². The van der Waals surface area contributed by atoms with Gasteiger partial charge in [-0.05, 0) is 36.8 Å². The number of para-hydroxylation sites is 1. The molecule has 1 heterocycles. The van der Waals surface area contributed by atoms with Gasteiger partial charge >= 0.3 is 0 Å². The predicted octanol–water partition coefficient (Wildman–Crippen LogP) is 3.29. The molecule has 0 spiro atoms. The van der Waals surface area contributed by atoms with Crippen LogP contribution in [0.2, 0.25) is 0 Å². The minimum absolute atomic E-state index is 0.203. The fourth-order valence-corrected chi connectivity index (χ4v) is 1.97. The Morgan fingerprint density at radius 1 is 1.26 bits per heavy atom. The van der Waals surface area contributed by atoms with Crippen molar-refractivity contribution in [1.29, 1.82) is 0 Å². The van der Waals surface area contributed by atoms with Crippen LogP contribution in [0.15, 0.2) is 42.6 Å². The van der Waals surface area contributed by atoms with Gasteiger partial charge in [0.25, 0.3) is 0 Å². The fraction of sp³-hybridized carbons (Fsp3) is 0.267. The van der Waals surface area contributed by atoms with Crippen molar-refractivity contribution >= 4 is 11.5 Å². The standard InChI is InChI=1S/C15H18FN3/c1-3-17-15-10-12(8-9-18-15)11-19(2)14-7-5-4-6-13(14)16/h4-10H,3,11H2,1-2H3,(H,17,18). The zero-order valence-corrected chi connectivity index (χ0v) is 11.2. The van der Waals surface area contributed by atoms with Crippen LogP contribution in [0.25, 0.3) is 0 Å². The van der Waals surface area contributed by atoms with Gasteiger partial charge in [-0.15, -0.1) is 0 Å². The number of benzene rings is 1. The Labute approximate surface area is 113 Å². The second kappa shape index (κ2) is 6.18. The van der Waals surface area contributed by atoms with Gasteiger partial charge in [-0.2, -0.15) is 0 Å². The molecule has 0 unspecified atom stereocenters. The van der Waals surface area contributed by atoms with Crippen LogP contribution in [0.3, 0.4) is 0 Å². The van der Waals surface area contributed by atoms with Crippen molar-refractivity contribution in [1.82, 2.24) is 4.98 Å². The molecule has 0 bridgehead atoms. The Morgan fingerprint density at radius 3 is 2.79 bits per heavy atom. The van der Waals surface area contributed by atoms with Crippen LogP contribution in [0, 0.1) is 5.82 Å². The van der Waals surface area contributed by atoms with Crippen molar-refractivity contribution in [3.63, 3.8) is 0 Å². The van der Waals surface area contributed by atoms with E-state index in [1.165, 1.54) is 6.07 Å². The third kappa shape index (κ3) is 3.44. The third-order valence-corrected chi connectivity index (χ3v) is 2.87. The SMILES string of the molecule is CCNc1cc(CN(C)c2ccccc2F)ccn1. The molecule has 1 N–H and O–H groups in total. The molecule has 0 aliphatic rings. The maximum absolute atomic E-state index is 13.7. The molecule has 0 atom stereocenters. The van der Waals surface area contributed by atoms with Crippen LogP contribution in [0.5, 0.6) is 0 Å². The molecule has 3 nitrogen and oxygen atoms in total. The minimum atomic E-state index is -0.203. The van der Waals surface area contributed by atoms with E-state index in [1.54, 1.807) is 18.3 Å². The van der Waals surface area contributed by atoms with E-state index in [0.717, 1.165) is 17.9 Å². The summed E-state index contributed by atoms with van der Waals surface area (Å²) < 4.78 is 13.7. The van der Waals surface area contributed by atoms with E-state index < -0.39 is 0 Å². The highest BCUT2D eigenvalue weighted by Gasteiger charge is 2.07. The monoisotopic (exact) mass is 259 g/mol. The number of pyridine rings is 1. The lowest BCUT2D eigenvalue weighted by molar-refractivity contribution is 0.622. The smallest absolute Gasteiger partial charge is 0.146 e. The first-order chi connectivity index (χ1) is 9.20. The number of anilines is 2. The van der Waals surface area contributed by atoms with Gasteiger partial charge in [0.2, 0.25) is 0 Å². The van der Waals surface area contributed by atoms with Gasteiger partial charge in [0.05, 0.1) is 5.69 Å². The Hall–Kier alpha value is -2.10. The summed E-state index contributed by atoms with van der Waals surface area (Å²) in [6.07, 6.45) is 1.77. The molecule has 4 heteroatoms. The quantitative estimate of drug-likeness (QED) is 0.893. The maximum Gasteiger partial charge on any atom is 0.146 e. The lowest BCUT2D eigenvalue weighted by atomic mass is 10.2. The Kier molecular flexibility index (Phi) is 4.34. The van der Waals surface area contributed by atoms with Gasteiger partial charge in [0.1, 0.15) is 11.6 Å². The molecule has 2 aromatic rings. The summed E-state index contributed by atoms with van der Waals surface area (Å²) in [7, 11) is 1.88. The average molecular weight is 259 g/mol. The van der Waals surface area contributed by atoms with Crippen LogP contribution in [-0.2, 0) is 6.54 Å². The van der Waals surface area contributed by atoms with E-state index in [2.05, 4.69) is 10.3 Å². The van der Waals surface area contributed by atoms with E-state index in [0.29, 0.717) is 12.2 Å². The summed E-state index contributed by atoms with van der Waals surface area (Å²) >= 11 is 0. The van der Waals surface area contributed by atoms with E-state index >= 15 is 0 Å². The van der Waals surface area contributed by atoms with Crippen LogP contribution in [-0.4, -0.2) is 18.6 Å². The number of hydrogen-bond acceptors (Lipinski definition) is 3. The summed E-state index contributed by atoms with van der Waals surface area (Å²) in [6.45, 7) is 3.50. The first-order valence-corrected chi connectivity index (χ1v) is 6.35. The van der Waals surface area contributed by atoms with Crippen molar-refractivity contribution in [2.45, 2.75) is 13.5 Å². The van der Waals surface area contributed by atoms with Gasteiger partial charge in [0.15, 0.2) is 0 Å². The molecular formula is C15H18FN3. The molecule has 2 rings (SSSR count). The minimum Gasteiger partial charge on any atom is -0.370 e. The predicted molar refractivity (Wildman–Crippen MR) is 76.9 cm³/mol. The molecule has 0 fully saturated rings. The highest BCUT2D eigenvalue weighted by atomic mass is 19.1. The number of nitrogens with zero attached hydrogens (tertiary/aromatic N) is 2. The van der Waals surface area contributed by atoms with Crippen molar-refractivity contribution in [3.8, 4) is 0 Å². The molecule has 0 saturated carbocycles. The second-order valence-corrected chi connectivity index (χ2v) is 4.39. The Morgan fingerprint density at radius 2 is 2.05 bits per heavy atom. The number of aromatic nitrogens is 1. The molecule has 19 heavy (non-hydrogen) atoms. The Bertz CT molecular complexity index is 542. The Balaban J connectivity index is 2.12. The number of hydrogen-bond donors (Lipinski definition) is 1. The number of halogens is 1. The average Bonchev–Trinajstić information content (AvgIpc) is 2.40. The highest BCUT2D eigenvalue weighted by molar-refractivity contribution is 5.48. The second-order valence-electron chi connectivity index (χ2n) is 4.39.